The smallest absolute Gasteiger partial charge is 0.290 e. The molecule has 1 saturated carbocycles. The van der Waals surface area contributed by atoms with Gasteiger partial charge in [-0.25, -0.2) is 13.8 Å². The highest BCUT2D eigenvalue weighted by Crippen LogP contribution is 2.47. The molecule has 190 valence electrons. The number of piperazine rings is 1. The molecule has 0 radical (unpaired) electrons. The first kappa shape index (κ1) is 26.4. The van der Waals surface area contributed by atoms with Crippen molar-refractivity contribution in [2.24, 2.45) is 5.41 Å². The highest BCUT2D eigenvalue weighted by molar-refractivity contribution is 5.82. The number of pyridine rings is 1. The summed E-state index contributed by atoms with van der Waals surface area (Å²) in [4.78, 5) is 33.1. The first-order valence-corrected chi connectivity index (χ1v) is 12.0. The number of carbonyl (C=O) groups is 2. The van der Waals surface area contributed by atoms with Crippen molar-refractivity contribution in [3.05, 3.63) is 23.9 Å². The Morgan fingerprint density at radius 3 is 2.29 bits per heavy atom. The van der Waals surface area contributed by atoms with Crippen LogP contribution in [-0.2, 0) is 4.79 Å². The van der Waals surface area contributed by atoms with Crippen molar-refractivity contribution in [2.75, 3.05) is 70.9 Å². The summed E-state index contributed by atoms with van der Waals surface area (Å²) in [5.74, 6) is -1.53. The number of aldehydes is 1. The summed E-state index contributed by atoms with van der Waals surface area (Å²) in [6, 6.07) is 4.46. The first-order chi connectivity index (χ1) is 16.2. The van der Waals surface area contributed by atoms with E-state index in [1.54, 1.807) is 18.1 Å². The van der Waals surface area contributed by atoms with Crippen molar-refractivity contribution in [2.45, 2.75) is 38.2 Å². The van der Waals surface area contributed by atoms with Crippen LogP contribution in [0.15, 0.2) is 18.3 Å². The number of likely N-dealkylation sites (tertiary alicyclic amines) is 2. The second kappa shape index (κ2) is 11.5. The van der Waals surface area contributed by atoms with Crippen LogP contribution in [0.1, 0.15) is 36.5 Å². The molecule has 0 aromatic carbocycles. The monoisotopic (exact) mass is 481 g/mol. The van der Waals surface area contributed by atoms with E-state index in [-0.39, 0.29) is 19.6 Å². The third-order valence-corrected chi connectivity index (χ3v) is 7.32. The third kappa shape index (κ3) is 6.49. The van der Waals surface area contributed by atoms with Crippen LogP contribution in [0.25, 0.3) is 0 Å². The van der Waals surface area contributed by atoms with Crippen LogP contribution in [-0.4, -0.2) is 115 Å². The van der Waals surface area contributed by atoms with Crippen LogP contribution < -0.4 is 4.90 Å². The van der Waals surface area contributed by atoms with Gasteiger partial charge in [0.05, 0.1) is 18.7 Å². The third-order valence-electron chi connectivity index (χ3n) is 7.32. The second-order valence-corrected chi connectivity index (χ2v) is 9.89. The molecule has 34 heavy (non-hydrogen) atoms. The van der Waals surface area contributed by atoms with Crippen molar-refractivity contribution in [3.63, 3.8) is 0 Å². The summed E-state index contributed by atoms with van der Waals surface area (Å²) in [7, 11) is 1.68. The second-order valence-electron chi connectivity index (χ2n) is 9.89. The average molecular weight is 482 g/mol. The number of carbonyl (C=O) groups excluding carboxylic acids is 1. The number of aromatic nitrogens is 1. The predicted molar refractivity (Wildman–Crippen MR) is 127 cm³/mol. The van der Waals surface area contributed by atoms with Crippen LogP contribution in [0.4, 0.5) is 14.6 Å². The van der Waals surface area contributed by atoms with Crippen molar-refractivity contribution >= 4 is 18.6 Å². The Balaban J connectivity index is 0.000000272. The Hall–Kier alpha value is -2.17. The summed E-state index contributed by atoms with van der Waals surface area (Å²) >= 11 is 0. The Morgan fingerprint density at radius 1 is 1.15 bits per heavy atom. The van der Waals surface area contributed by atoms with Gasteiger partial charge in [0.2, 0.25) is 0 Å². The van der Waals surface area contributed by atoms with Crippen molar-refractivity contribution in [1.82, 2.24) is 19.7 Å². The quantitative estimate of drug-likeness (QED) is 0.656. The minimum Gasteiger partial charge on any atom is -0.483 e. The normalized spacial score (nSPS) is 25.8. The molecule has 10 heteroatoms. The summed E-state index contributed by atoms with van der Waals surface area (Å²) < 4.78 is 23.5. The van der Waals surface area contributed by atoms with Gasteiger partial charge in [0.25, 0.3) is 12.4 Å². The van der Waals surface area contributed by atoms with Crippen LogP contribution >= 0.6 is 0 Å². The maximum atomic E-state index is 11.7. The van der Waals surface area contributed by atoms with Crippen LogP contribution in [0.3, 0.4) is 0 Å². The van der Waals surface area contributed by atoms with E-state index in [9.17, 15) is 13.6 Å². The van der Waals surface area contributed by atoms with E-state index >= 15 is 0 Å². The highest BCUT2D eigenvalue weighted by Gasteiger charge is 2.48. The molecule has 3 aliphatic heterocycles. The molecule has 1 atom stereocenters. The van der Waals surface area contributed by atoms with Gasteiger partial charge in [0, 0.05) is 51.5 Å². The molecule has 1 spiro atoms. The molecule has 1 N–H and O–H groups in total. The summed E-state index contributed by atoms with van der Waals surface area (Å²) in [6.45, 7) is 9.86. The van der Waals surface area contributed by atoms with Gasteiger partial charge in [-0.05, 0) is 50.4 Å². The van der Waals surface area contributed by atoms with E-state index in [1.807, 2.05) is 12.1 Å². The molecule has 3 saturated heterocycles. The summed E-state index contributed by atoms with van der Waals surface area (Å²) in [5.41, 5.74) is 1.34. The Bertz CT molecular complexity index is 806. The molecular weight excluding hydrogens is 444 g/mol. The molecule has 4 aliphatic rings. The van der Waals surface area contributed by atoms with E-state index in [0.29, 0.717) is 11.0 Å². The maximum Gasteiger partial charge on any atom is 0.290 e. The van der Waals surface area contributed by atoms with Gasteiger partial charge < -0.3 is 14.9 Å². The lowest BCUT2D eigenvalue weighted by Crippen LogP contribution is -2.56. The van der Waals surface area contributed by atoms with E-state index in [2.05, 4.69) is 26.6 Å². The number of anilines is 1. The minimum atomic E-state index is -2.38. The number of carboxylic acid groups (broad SMARTS) is 1. The highest BCUT2D eigenvalue weighted by atomic mass is 19.3. The molecule has 4 heterocycles. The molecule has 1 aromatic heterocycles. The topological polar surface area (TPSA) is 80.2 Å². The fraction of sp³-hybridized carbons (Fsp3) is 0.708. The molecule has 1 aliphatic carbocycles. The number of alkyl halides is 2. The molecule has 1 aromatic rings. The van der Waals surface area contributed by atoms with Crippen molar-refractivity contribution < 1.29 is 23.5 Å². The molecule has 5 rings (SSSR count). The molecule has 1 unspecified atom stereocenters. The SMILES string of the molecule is CCN1CC2(CCC(N3CCN(c4ncccc4C=O)CC3)C2)C1.CN1CC(F)(F)C1.O=CO. The van der Waals surface area contributed by atoms with E-state index in [4.69, 9.17) is 9.90 Å². The minimum absolute atomic E-state index is 0.0625. The summed E-state index contributed by atoms with van der Waals surface area (Å²) in [5, 5.41) is 6.89. The van der Waals surface area contributed by atoms with Crippen LogP contribution in [0, 0.1) is 5.41 Å². The van der Waals surface area contributed by atoms with E-state index in [1.165, 1.54) is 38.9 Å². The Morgan fingerprint density at radius 2 is 1.79 bits per heavy atom. The zero-order chi connectivity index (χ0) is 24.8. The van der Waals surface area contributed by atoms with Crippen molar-refractivity contribution in [1.29, 1.82) is 0 Å². The van der Waals surface area contributed by atoms with Gasteiger partial charge in [-0.1, -0.05) is 6.92 Å². The van der Waals surface area contributed by atoms with Gasteiger partial charge in [-0.15, -0.1) is 0 Å². The lowest BCUT2D eigenvalue weighted by Gasteiger charge is -2.49. The molecule has 4 fully saturated rings. The Kier molecular flexibility index (Phi) is 8.95. The molecule has 0 bridgehead atoms. The molecule has 0 amide bonds. The number of hydrogen-bond acceptors (Lipinski definition) is 7. The predicted octanol–water partition coefficient (Wildman–Crippen LogP) is 2.16. The van der Waals surface area contributed by atoms with E-state index < -0.39 is 5.92 Å². The van der Waals surface area contributed by atoms with Gasteiger partial charge in [0.1, 0.15) is 5.82 Å². The lowest BCUT2D eigenvalue weighted by molar-refractivity contribution is -0.123. The van der Waals surface area contributed by atoms with Crippen LogP contribution in [0.2, 0.25) is 0 Å². The average Bonchev–Trinajstić information content (AvgIpc) is 3.24. The van der Waals surface area contributed by atoms with Gasteiger partial charge in [0.15, 0.2) is 6.29 Å². The summed E-state index contributed by atoms with van der Waals surface area (Å²) in [6.07, 6.45) is 6.86. The molecular formula is C24H37F2N5O3. The first-order valence-electron chi connectivity index (χ1n) is 12.0. The number of rotatable bonds is 4. The number of halogens is 2. The van der Waals surface area contributed by atoms with Gasteiger partial charge >= 0.3 is 0 Å². The van der Waals surface area contributed by atoms with Gasteiger partial charge in [-0.2, -0.15) is 0 Å². The maximum absolute atomic E-state index is 11.7. The fourth-order valence-electron chi connectivity index (χ4n) is 5.71. The molecule has 8 nitrogen and oxygen atoms in total. The zero-order valence-corrected chi connectivity index (χ0v) is 20.2. The van der Waals surface area contributed by atoms with Gasteiger partial charge in [-0.3, -0.25) is 19.4 Å². The van der Waals surface area contributed by atoms with E-state index in [0.717, 1.165) is 44.3 Å². The fourth-order valence-corrected chi connectivity index (χ4v) is 5.71. The standard InChI is InChI=1S/C19H28N4O.C4H7F2N.CH2O2/c1-2-21-14-19(15-21)6-5-17(12-19)22-8-10-23(11-9-22)18-16(13-24)4-3-7-20-18;1-7-2-4(5,6)3-7;2-1-3/h3-4,7,13,17H,2,5-6,8-12,14-15H2,1H3;2-3H2,1H3;1H,(H,2,3). The largest absolute Gasteiger partial charge is 0.483 e. The number of hydrogen-bond donors (Lipinski definition) is 1. The number of nitrogens with zero attached hydrogens (tertiary/aromatic N) is 5. The lowest BCUT2D eigenvalue weighted by atomic mass is 9.78. The van der Waals surface area contributed by atoms with Crippen molar-refractivity contribution in [3.8, 4) is 0 Å². The van der Waals surface area contributed by atoms with Crippen LogP contribution in [0.5, 0.6) is 0 Å². The Labute approximate surface area is 200 Å². The zero-order valence-electron chi connectivity index (χ0n) is 20.2.